The van der Waals surface area contributed by atoms with E-state index >= 15 is 0 Å². The molecule has 0 fully saturated rings. The van der Waals surface area contributed by atoms with E-state index in [-0.39, 0.29) is 19.4 Å². The number of carbonyl (C=O) groups is 2. The second-order valence-electron chi connectivity index (χ2n) is 15.4. The molecule has 2 N–H and O–H groups in total. The van der Waals surface area contributed by atoms with Crippen LogP contribution in [0.4, 0.5) is 0 Å². The number of esters is 2. The molecule has 0 aliphatic carbocycles. The smallest absolute Gasteiger partial charge is 0.462 e. The van der Waals surface area contributed by atoms with E-state index in [2.05, 4.69) is 18.4 Å². The van der Waals surface area contributed by atoms with Crippen molar-refractivity contribution < 1.29 is 37.9 Å². The summed E-state index contributed by atoms with van der Waals surface area (Å²) in [4.78, 5) is 42.9. The van der Waals surface area contributed by atoms with Gasteiger partial charge in [0, 0.05) is 12.8 Å². The van der Waals surface area contributed by atoms with Gasteiger partial charge in [-0.3, -0.25) is 14.1 Å². The van der Waals surface area contributed by atoms with Crippen LogP contribution in [0.15, 0.2) is 0 Å². The van der Waals surface area contributed by atoms with E-state index in [4.69, 9.17) is 19.3 Å². The van der Waals surface area contributed by atoms with Crippen molar-refractivity contribution in [3.63, 3.8) is 0 Å². The number of hydrogen-bond acceptors (Lipinski definition) is 6. The molecule has 1 unspecified atom stereocenters. The van der Waals surface area contributed by atoms with Crippen LogP contribution in [0.25, 0.3) is 0 Å². The topological polar surface area (TPSA) is 119 Å². The van der Waals surface area contributed by atoms with Gasteiger partial charge in [0.1, 0.15) is 6.61 Å². The standard InChI is InChI=1S/C43H85O8P/c1-3-5-7-9-11-13-15-17-19-20-21-22-24-26-28-30-32-34-36-38-43(45)51-41(40-50-52(46,47)48)39-49-42(44)37-35-33-31-29-27-25-23-18-16-14-12-10-8-6-4-2/h41H,3-40H2,1-2H3,(H2,46,47,48). The molecule has 0 aromatic rings. The van der Waals surface area contributed by atoms with E-state index in [1.807, 2.05) is 0 Å². The summed E-state index contributed by atoms with van der Waals surface area (Å²) in [6, 6.07) is 0. The summed E-state index contributed by atoms with van der Waals surface area (Å²) in [6.07, 6.45) is 42.5. The lowest BCUT2D eigenvalue weighted by Crippen LogP contribution is -2.29. The first-order valence-corrected chi connectivity index (χ1v) is 23.9. The second kappa shape index (κ2) is 39.7. The van der Waals surface area contributed by atoms with Crippen LogP contribution in [-0.2, 0) is 28.2 Å². The maximum absolute atomic E-state index is 12.4. The summed E-state index contributed by atoms with van der Waals surface area (Å²) >= 11 is 0. The van der Waals surface area contributed by atoms with Crippen molar-refractivity contribution in [3.8, 4) is 0 Å². The van der Waals surface area contributed by atoms with Gasteiger partial charge in [0.15, 0.2) is 6.10 Å². The van der Waals surface area contributed by atoms with Crippen molar-refractivity contribution in [1.29, 1.82) is 0 Å². The molecule has 0 aliphatic rings. The van der Waals surface area contributed by atoms with Crippen molar-refractivity contribution in [1.82, 2.24) is 0 Å². The molecule has 0 spiro atoms. The number of hydrogen-bond donors (Lipinski definition) is 2. The minimum atomic E-state index is -4.75. The van der Waals surface area contributed by atoms with Crippen molar-refractivity contribution in [3.05, 3.63) is 0 Å². The van der Waals surface area contributed by atoms with E-state index in [0.29, 0.717) is 6.42 Å². The highest BCUT2D eigenvalue weighted by Crippen LogP contribution is 2.36. The molecule has 0 heterocycles. The quantitative estimate of drug-likeness (QED) is 0.0358. The molecule has 0 rings (SSSR count). The summed E-state index contributed by atoms with van der Waals surface area (Å²) in [5.41, 5.74) is 0. The van der Waals surface area contributed by atoms with E-state index in [1.54, 1.807) is 0 Å². The Bertz CT molecular complexity index is 817. The van der Waals surface area contributed by atoms with Crippen LogP contribution in [-0.4, -0.2) is 41.0 Å². The highest BCUT2D eigenvalue weighted by molar-refractivity contribution is 7.46. The van der Waals surface area contributed by atoms with Gasteiger partial charge in [-0.05, 0) is 12.8 Å². The zero-order valence-corrected chi connectivity index (χ0v) is 35.1. The first-order valence-electron chi connectivity index (χ1n) is 22.3. The second-order valence-corrected chi connectivity index (χ2v) is 16.6. The average molecular weight is 761 g/mol. The third kappa shape index (κ3) is 41.8. The zero-order valence-electron chi connectivity index (χ0n) is 34.2. The maximum Gasteiger partial charge on any atom is 0.469 e. The summed E-state index contributed by atoms with van der Waals surface area (Å²) < 4.78 is 26.4. The predicted molar refractivity (Wildman–Crippen MR) is 216 cm³/mol. The third-order valence-corrected chi connectivity index (χ3v) is 10.6. The summed E-state index contributed by atoms with van der Waals surface area (Å²) in [7, 11) is -4.75. The number of unbranched alkanes of at least 4 members (excludes halogenated alkanes) is 32. The Hall–Kier alpha value is -0.950. The molecule has 0 saturated carbocycles. The van der Waals surface area contributed by atoms with E-state index in [9.17, 15) is 14.2 Å². The fraction of sp³-hybridized carbons (Fsp3) is 0.953. The van der Waals surface area contributed by atoms with Gasteiger partial charge in [-0.2, -0.15) is 0 Å². The summed E-state index contributed by atoms with van der Waals surface area (Å²) in [5, 5.41) is 0. The maximum atomic E-state index is 12.4. The van der Waals surface area contributed by atoms with Crippen molar-refractivity contribution in [2.24, 2.45) is 0 Å². The molecular weight excluding hydrogens is 675 g/mol. The average Bonchev–Trinajstić information content (AvgIpc) is 3.11. The van der Waals surface area contributed by atoms with Gasteiger partial charge in [-0.25, -0.2) is 4.57 Å². The van der Waals surface area contributed by atoms with Crippen LogP contribution in [0.2, 0.25) is 0 Å². The largest absolute Gasteiger partial charge is 0.469 e. The monoisotopic (exact) mass is 761 g/mol. The molecule has 0 aromatic carbocycles. The Labute approximate surface area is 321 Å². The van der Waals surface area contributed by atoms with E-state index < -0.39 is 32.5 Å². The Morgan fingerprint density at radius 3 is 0.981 bits per heavy atom. The van der Waals surface area contributed by atoms with Crippen molar-refractivity contribution in [2.45, 2.75) is 251 Å². The molecule has 8 nitrogen and oxygen atoms in total. The molecule has 0 saturated heterocycles. The first kappa shape index (κ1) is 51.0. The minimum Gasteiger partial charge on any atom is -0.462 e. The fourth-order valence-corrected chi connectivity index (χ4v) is 7.15. The Morgan fingerprint density at radius 1 is 0.423 bits per heavy atom. The summed E-state index contributed by atoms with van der Waals surface area (Å²) in [5.74, 6) is -0.865. The SMILES string of the molecule is CCCCCCCCCCCCCCCCCCCCCC(=O)OC(COC(=O)CCCCCCCCCCCCCCCCC)COP(=O)(O)O. The molecule has 0 radical (unpaired) electrons. The van der Waals surface area contributed by atoms with Crippen molar-refractivity contribution >= 4 is 19.8 Å². The van der Waals surface area contributed by atoms with Gasteiger partial charge >= 0.3 is 19.8 Å². The normalized spacial score (nSPS) is 12.3. The highest BCUT2D eigenvalue weighted by atomic mass is 31.2. The van der Waals surface area contributed by atoms with Crippen molar-refractivity contribution in [2.75, 3.05) is 13.2 Å². The first-order chi connectivity index (χ1) is 25.3. The Morgan fingerprint density at radius 2 is 0.692 bits per heavy atom. The molecule has 52 heavy (non-hydrogen) atoms. The molecule has 0 bridgehead atoms. The molecular formula is C43H85O8P. The van der Waals surface area contributed by atoms with Crippen LogP contribution in [0.3, 0.4) is 0 Å². The van der Waals surface area contributed by atoms with Crippen LogP contribution in [0, 0.1) is 0 Å². The van der Waals surface area contributed by atoms with Gasteiger partial charge in [0.05, 0.1) is 6.61 Å². The lowest BCUT2D eigenvalue weighted by Gasteiger charge is -2.18. The molecule has 310 valence electrons. The van der Waals surface area contributed by atoms with Gasteiger partial charge in [0.2, 0.25) is 0 Å². The van der Waals surface area contributed by atoms with E-state index in [1.165, 1.54) is 180 Å². The van der Waals surface area contributed by atoms with Crippen LogP contribution < -0.4 is 0 Å². The van der Waals surface area contributed by atoms with E-state index in [0.717, 1.165) is 32.1 Å². The van der Waals surface area contributed by atoms with Gasteiger partial charge in [-0.1, -0.05) is 219 Å². The third-order valence-electron chi connectivity index (χ3n) is 10.1. The molecule has 9 heteroatoms. The van der Waals surface area contributed by atoms with Crippen LogP contribution in [0.1, 0.15) is 245 Å². The predicted octanol–water partition coefficient (Wildman–Crippen LogP) is 13.6. The number of phosphoric ester groups is 1. The lowest BCUT2D eigenvalue weighted by molar-refractivity contribution is -0.161. The number of phosphoric acid groups is 1. The number of ether oxygens (including phenoxy) is 2. The molecule has 0 aliphatic heterocycles. The van der Waals surface area contributed by atoms with Gasteiger partial charge < -0.3 is 19.3 Å². The Balaban J connectivity index is 3.82. The Kier molecular flexibility index (Phi) is 39.0. The minimum absolute atomic E-state index is 0.221. The number of rotatable bonds is 42. The number of carbonyl (C=O) groups excluding carboxylic acids is 2. The molecule has 0 amide bonds. The zero-order chi connectivity index (χ0) is 38.2. The molecule has 0 aromatic heterocycles. The lowest BCUT2D eigenvalue weighted by atomic mass is 10.0. The van der Waals surface area contributed by atoms with Gasteiger partial charge in [-0.15, -0.1) is 0 Å². The van der Waals surface area contributed by atoms with Crippen LogP contribution >= 0.6 is 7.82 Å². The summed E-state index contributed by atoms with van der Waals surface area (Å²) in [6.45, 7) is 3.73. The molecule has 1 atom stereocenters. The highest BCUT2D eigenvalue weighted by Gasteiger charge is 2.23. The van der Waals surface area contributed by atoms with Crippen LogP contribution in [0.5, 0.6) is 0 Å². The van der Waals surface area contributed by atoms with Gasteiger partial charge in [0.25, 0.3) is 0 Å². The fourth-order valence-electron chi connectivity index (χ4n) is 6.79.